The normalized spacial score (nSPS) is 11.0. The number of thiophene rings is 1. The molecule has 3 aromatic heterocycles. The first kappa shape index (κ1) is 33.0. The van der Waals surface area contributed by atoms with Gasteiger partial charge in [-0.25, -0.2) is 15.0 Å². The third kappa shape index (κ3) is 5.98. The molecule has 0 aliphatic rings. The highest BCUT2D eigenvalue weighted by Gasteiger charge is 2.23. The average Bonchev–Trinajstić information content (AvgIpc) is 3.71. The third-order valence-electron chi connectivity index (χ3n) is 9.01. The Hall–Kier alpha value is -6.22. The van der Waals surface area contributed by atoms with Crippen LogP contribution in [0.5, 0.6) is 0 Å². The van der Waals surface area contributed by atoms with Crippen molar-refractivity contribution in [1.82, 2.24) is 19.5 Å². The van der Waals surface area contributed by atoms with E-state index in [1.54, 1.807) is 17.6 Å². The van der Waals surface area contributed by atoms with Gasteiger partial charge in [0, 0.05) is 43.4 Å². The summed E-state index contributed by atoms with van der Waals surface area (Å²) >= 11 is 5.20. The van der Waals surface area contributed by atoms with E-state index < -0.39 is 0 Å². The minimum atomic E-state index is 0.570. The number of anilines is 2. The summed E-state index contributed by atoms with van der Waals surface area (Å²) in [5, 5.41) is 2.07. The van der Waals surface area contributed by atoms with Gasteiger partial charge in [0.2, 0.25) is 0 Å². The predicted octanol–water partition coefficient (Wildman–Crippen LogP) is 11.1. The molecule has 9 rings (SSSR count). The van der Waals surface area contributed by atoms with E-state index in [1.165, 1.54) is 0 Å². The second kappa shape index (κ2) is 14.2. The molecule has 0 amide bonds. The molecule has 252 valence electrons. The summed E-state index contributed by atoms with van der Waals surface area (Å²) in [4.78, 5) is 16.0. The number of fused-ring (bicyclic) bond motifs is 2. The summed E-state index contributed by atoms with van der Waals surface area (Å²) < 4.78 is 3.25. The van der Waals surface area contributed by atoms with Crippen molar-refractivity contribution in [2.45, 2.75) is 0 Å². The highest BCUT2D eigenvalue weighted by atomic mass is 32.1. The zero-order valence-corrected chi connectivity index (χ0v) is 30.0. The van der Waals surface area contributed by atoms with Gasteiger partial charge < -0.3 is 11.5 Å². The molecule has 0 radical (unpaired) electrons. The molecule has 4 N–H and O–H groups in total. The standard InChI is InChI=1S/C43H30N6S.CH4S/c44-38-34-21-11-13-23-36(34)50-39(38)37-33-20-10-12-22-35(33)49(40(37)45)32-25-30(27-14-4-1-5-15-27)24-31(26-32)43-47-41(28-16-6-2-7-17-28)46-42(48-43)29-18-8-3-9-19-29;1-2/h1-26H,44-45H2;2H,1H3. The molecule has 0 aliphatic carbocycles. The average molecular weight is 711 g/mol. The van der Waals surface area contributed by atoms with Gasteiger partial charge in [-0.1, -0.05) is 127 Å². The number of rotatable bonds is 6. The van der Waals surface area contributed by atoms with Crippen molar-refractivity contribution in [2.75, 3.05) is 17.7 Å². The molecule has 9 aromatic rings. The summed E-state index contributed by atoms with van der Waals surface area (Å²) in [6.45, 7) is 0. The summed E-state index contributed by atoms with van der Waals surface area (Å²) in [5.74, 6) is 2.40. The van der Waals surface area contributed by atoms with Crippen LogP contribution in [-0.4, -0.2) is 25.8 Å². The quantitative estimate of drug-likeness (QED) is 0.149. The van der Waals surface area contributed by atoms with Gasteiger partial charge in [0.25, 0.3) is 0 Å². The molecule has 0 saturated carbocycles. The van der Waals surface area contributed by atoms with Crippen molar-refractivity contribution < 1.29 is 0 Å². The first-order valence-corrected chi connectivity index (χ1v) is 18.5. The van der Waals surface area contributed by atoms with Crippen molar-refractivity contribution >= 4 is 56.5 Å². The van der Waals surface area contributed by atoms with E-state index in [9.17, 15) is 0 Å². The van der Waals surface area contributed by atoms with Crippen LogP contribution >= 0.6 is 24.0 Å². The zero-order chi connectivity index (χ0) is 35.6. The van der Waals surface area contributed by atoms with Gasteiger partial charge in [-0.15, -0.1) is 11.3 Å². The predicted molar refractivity (Wildman–Crippen MR) is 223 cm³/mol. The molecule has 0 spiro atoms. The molecule has 52 heavy (non-hydrogen) atoms. The van der Waals surface area contributed by atoms with Crippen LogP contribution in [0.4, 0.5) is 11.5 Å². The van der Waals surface area contributed by atoms with E-state index in [4.69, 9.17) is 26.4 Å². The van der Waals surface area contributed by atoms with Crippen molar-refractivity contribution in [3.63, 3.8) is 0 Å². The highest BCUT2D eigenvalue weighted by Crippen LogP contribution is 2.48. The van der Waals surface area contributed by atoms with E-state index >= 15 is 0 Å². The van der Waals surface area contributed by atoms with Gasteiger partial charge >= 0.3 is 0 Å². The first-order valence-electron chi connectivity index (χ1n) is 16.8. The minimum absolute atomic E-state index is 0.570. The second-order valence-electron chi connectivity index (χ2n) is 12.1. The Morgan fingerprint density at radius 3 is 1.58 bits per heavy atom. The highest BCUT2D eigenvalue weighted by molar-refractivity contribution is 7.79. The van der Waals surface area contributed by atoms with Crippen LogP contribution in [0.25, 0.3) is 82.4 Å². The molecule has 6 aromatic carbocycles. The number of aromatic nitrogens is 4. The number of nitrogens with zero attached hydrogens (tertiary/aromatic N) is 4. The lowest BCUT2D eigenvalue weighted by Crippen LogP contribution is -2.03. The Labute approximate surface area is 311 Å². The third-order valence-corrected chi connectivity index (χ3v) is 10.2. The number of hydrogen-bond acceptors (Lipinski definition) is 7. The molecular weight excluding hydrogens is 677 g/mol. The van der Waals surface area contributed by atoms with Crippen LogP contribution < -0.4 is 11.5 Å². The van der Waals surface area contributed by atoms with Crippen LogP contribution in [0.1, 0.15) is 0 Å². The van der Waals surface area contributed by atoms with Crippen LogP contribution in [0.3, 0.4) is 0 Å². The lowest BCUT2D eigenvalue weighted by molar-refractivity contribution is 1.07. The van der Waals surface area contributed by atoms with E-state index in [2.05, 4.69) is 71.8 Å². The monoisotopic (exact) mass is 710 g/mol. The fraction of sp³-hybridized carbons (Fsp3) is 0.0227. The molecule has 0 bridgehead atoms. The second-order valence-corrected chi connectivity index (χ2v) is 13.2. The Balaban J connectivity index is 0.00000190. The lowest BCUT2D eigenvalue weighted by Gasteiger charge is -2.15. The van der Waals surface area contributed by atoms with Crippen molar-refractivity contribution in [3.05, 3.63) is 158 Å². The Bertz CT molecular complexity index is 2610. The molecule has 6 nitrogen and oxygen atoms in total. The number of nitrogen functional groups attached to an aromatic ring is 2. The van der Waals surface area contributed by atoms with Gasteiger partial charge in [-0.2, -0.15) is 12.6 Å². The van der Waals surface area contributed by atoms with Crippen molar-refractivity contribution in [2.24, 2.45) is 0 Å². The van der Waals surface area contributed by atoms with Gasteiger partial charge in [0.1, 0.15) is 5.82 Å². The number of para-hydroxylation sites is 1. The van der Waals surface area contributed by atoms with Crippen LogP contribution in [0, 0.1) is 0 Å². The minimum Gasteiger partial charge on any atom is -0.397 e. The zero-order valence-electron chi connectivity index (χ0n) is 28.3. The summed E-state index contributed by atoms with van der Waals surface area (Å²) in [6.07, 6.45) is 1.69. The molecule has 0 aliphatic heterocycles. The fourth-order valence-electron chi connectivity index (χ4n) is 6.63. The molecule has 3 heterocycles. The molecular formula is C44H34N6S2. The Kier molecular flexibility index (Phi) is 8.99. The van der Waals surface area contributed by atoms with Crippen molar-refractivity contribution in [1.29, 1.82) is 0 Å². The maximum atomic E-state index is 7.22. The number of hydrogen-bond donors (Lipinski definition) is 3. The van der Waals surface area contributed by atoms with Gasteiger partial charge in [-0.05, 0) is 47.7 Å². The molecule has 0 atom stereocenters. The molecule has 0 fully saturated rings. The number of nitrogens with two attached hydrogens (primary N) is 2. The van der Waals surface area contributed by atoms with Crippen LogP contribution in [0.15, 0.2) is 158 Å². The van der Waals surface area contributed by atoms with Crippen molar-refractivity contribution in [3.8, 4) is 61.4 Å². The Morgan fingerprint density at radius 2 is 0.981 bits per heavy atom. The van der Waals surface area contributed by atoms with Crippen LogP contribution in [0.2, 0.25) is 0 Å². The summed E-state index contributed by atoms with van der Waals surface area (Å²) in [5.41, 5.74) is 22.4. The van der Waals surface area contributed by atoms with Crippen LogP contribution in [-0.2, 0) is 0 Å². The lowest BCUT2D eigenvalue weighted by atomic mass is 10.0. The fourth-order valence-corrected chi connectivity index (χ4v) is 7.82. The SMILES string of the molecule is CS.Nc1c(-c2c(N)n(-c3cc(-c4ccccc4)cc(-c4nc(-c5ccccc5)nc(-c5ccccc5)n4)c3)c3ccccc23)sc2ccccc12. The van der Waals surface area contributed by atoms with Gasteiger partial charge in [-0.3, -0.25) is 4.57 Å². The van der Waals surface area contributed by atoms with E-state index in [0.717, 1.165) is 70.6 Å². The molecule has 0 saturated heterocycles. The maximum Gasteiger partial charge on any atom is 0.164 e. The largest absolute Gasteiger partial charge is 0.397 e. The number of thiol groups is 1. The van der Waals surface area contributed by atoms with E-state index in [-0.39, 0.29) is 0 Å². The van der Waals surface area contributed by atoms with E-state index in [1.807, 2.05) is 103 Å². The summed E-state index contributed by atoms with van der Waals surface area (Å²) in [7, 11) is 0. The van der Waals surface area contributed by atoms with E-state index in [0.29, 0.717) is 23.3 Å². The topological polar surface area (TPSA) is 95.6 Å². The smallest absolute Gasteiger partial charge is 0.164 e. The Morgan fingerprint density at radius 1 is 0.500 bits per heavy atom. The van der Waals surface area contributed by atoms with Gasteiger partial charge in [0.05, 0.1) is 16.1 Å². The first-order chi connectivity index (χ1) is 25.6. The molecule has 8 heteroatoms. The maximum absolute atomic E-state index is 7.22. The molecule has 0 unspecified atom stereocenters. The number of benzene rings is 6. The van der Waals surface area contributed by atoms with Gasteiger partial charge in [0.15, 0.2) is 17.5 Å². The summed E-state index contributed by atoms with van der Waals surface area (Å²) in [6, 6.07) is 53.4.